The molecule has 0 atom stereocenters. The third kappa shape index (κ3) is 3.09. The number of hydrogen-bond acceptors (Lipinski definition) is 4. The molecule has 1 aromatic heterocycles. The molecule has 0 aliphatic rings. The lowest BCUT2D eigenvalue weighted by atomic mass is 9.94. The summed E-state index contributed by atoms with van der Waals surface area (Å²) in [5.41, 5.74) is 5.97. The molecule has 0 saturated heterocycles. The van der Waals surface area contributed by atoms with E-state index in [1.807, 2.05) is 20.8 Å². The van der Waals surface area contributed by atoms with Gasteiger partial charge in [-0.25, -0.2) is 8.42 Å². The quantitative estimate of drug-likeness (QED) is 0.799. The van der Waals surface area contributed by atoms with Gasteiger partial charge >= 0.3 is 0 Å². The lowest BCUT2D eigenvalue weighted by Gasteiger charge is -2.30. The first-order valence-corrected chi connectivity index (χ1v) is 7.39. The maximum Gasteiger partial charge on any atom is 0.246 e. The van der Waals surface area contributed by atoms with Crippen molar-refractivity contribution in [2.75, 3.05) is 19.6 Å². The number of hydrogen-bond donors (Lipinski definition) is 2. The number of nitrogens with zero attached hydrogens (tertiary/aromatic N) is 2. The van der Waals surface area contributed by atoms with Crippen LogP contribution in [0.5, 0.6) is 0 Å². The van der Waals surface area contributed by atoms with Crippen molar-refractivity contribution in [3.63, 3.8) is 0 Å². The van der Waals surface area contributed by atoms with E-state index in [-0.39, 0.29) is 10.3 Å². The van der Waals surface area contributed by atoms with Crippen LogP contribution in [0, 0.1) is 12.3 Å². The zero-order valence-corrected chi connectivity index (χ0v) is 12.2. The van der Waals surface area contributed by atoms with Crippen LogP contribution in [0.4, 0.5) is 0 Å². The van der Waals surface area contributed by atoms with Crippen molar-refractivity contribution in [2.45, 2.75) is 32.6 Å². The summed E-state index contributed by atoms with van der Waals surface area (Å²) in [6, 6.07) is 0. The van der Waals surface area contributed by atoms with Crippen molar-refractivity contribution < 1.29 is 8.42 Å². The molecule has 0 fully saturated rings. The third-order valence-electron chi connectivity index (χ3n) is 2.91. The molecule has 104 valence electrons. The first-order chi connectivity index (χ1) is 8.24. The average Bonchev–Trinajstić information content (AvgIpc) is 2.73. The predicted molar refractivity (Wildman–Crippen MR) is 70.6 cm³/mol. The standard InChI is InChI=1S/C11H22N4O2S/c1-5-15(8-11(3,4)7-12)18(16,17)10-6-13-14-9(10)2/h6H,5,7-8,12H2,1-4H3,(H,13,14). The Morgan fingerprint density at radius 3 is 2.50 bits per heavy atom. The van der Waals surface area contributed by atoms with Gasteiger partial charge in [0.05, 0.1) is 11.9 Å². The molecule has 0 radical (unpaired) electrons. The summed E-state index contributed by atoms with van der Waals surface area (Å²) in [7, 11) is -3.50. The Morgan fingerprint density at radius 1 is 1.50 bits per heavy atom. The maximum absolute atomic E-state index is 12.5. The first-order valence-electron chi connectivity index (χ1n) is 5.95. The van der Waals surface area contributed by atoms with Gasteiger partial charge in [0.2, 0.25) is 10.0 Å². The number of aromatic nitrogens is 2. The third-order valence-corrected chi connectivity index (χ3v) is 4.95. The predicted octanol–water partition coefficient (Wildman–Crippen LogP) is 0.714. The van der Waals surface area contributed by atoms with Crippen LogP contribution < -0.4 is 5.73 Å². The van der Waals surface area contributed by atoms with Gasteiger partial charge < -0.3 is 5.73 Å². The van der Waals surface area contributed by atoms with Crippen molar-refractivity contribution in [2.24, 2.45) is 11.1 Å². The second kappa shape index (κ2) is 5.38. The van der Waals surface area contributed by atoms with E-state index in [4.69, 9.17) is 5.73 Å². The van der Waals surface area contributed by atoms with Crippen LogP contribution in [-0.4, -0.2) is 42.6 Å². The van der Waals surface area contributed by atoms with Crippen LogP contribution in [0.2, 0.25) is 0 Å². The number of H-pyrrole nitrogens is 1. The summed E-state index contributed by atoms with van der Waals surface area (Å²) >= 11 is 0. The molecule has 0 aromatic carbocycles. The zero-order chi connectivity index (χ0) is 14.0. The van der Waals surface area contributed by atoms with Crippen molar-refractivity contribution in [3.05, 3.63) is 11.9 Å². The minimum Gasteiger partial charge on any atom is -0.330 e. The number of nitrogens with one attached hydrogen (secondary N) is 1. The molecule has 0 spiro atoms. The molecule has 18 heavy (non-hydrogen) atoms. The molecular weight excluding hydrogens is 252 g/mol. The minimum atomic E-state index is -3.50. The van der Waals surface area contributed by atoms with E-state index in [1.54, 1.807) is 6.92 Å². The molecule has 6 nitrogen and oxygen atoms in total. The molecule has 0 bridgehead atoms. The Labute approximate surface area is 109 Å². The summed E-state index contributed by atoms with van der Waals surface area (Å²) in [5, 5.41) is 6.42. The summed E-state index contributed by atoms with van der Waals surface area (Å²) in [5.74, 6) is 0. The van der Waals surface area contributed by atoms with E-state index in [1.165, 1.54) is 10.5 Å². The van der Waals surface area contributed by atoms with Crippen molar-refractivity contribution >= 4 is 10.0 Å². The average molecular weight is 274 g/mol. The summed E-state index contributed by atoms with van der Waals surface area (Å²) < 4.78 is 26.4. The van der Waals surface area contributed by atoms with E-state index in [9.17, 15) is 8.42 Å². The lowest BCUT2D eigenvalue weighted by Crippen LogP contribution is -2.42. The number of nitrogens with two attached hydrogens (primary N) is 1. The monoisotopic (exact) mass is 274 g/mol. The van der Waals surface area contributed by atoms with Gasteiger partial charge in [-0.2, -0.15) is 9.40 Å². The minimum absolute atomic E-state index is 0.233. The largest absolute Gasteiger partial charge is 0.330 e. The van der Waals surface area contributed by atoms with Gasteiger partial charge in [0.15, 0.2) is 0 Å². The fourth-order valence-electron chi connectivity index (χ4n) is 1.65. The van der Waals surface area contributed by atoms with Crippen LogP contribution in [0.15, 0.2) is 11.1 Å². The van der Waals surface area contributed by atoms with E-state index in [2.05, 4.69) is 10.2 Å². The summed E-state index contributed by atoms with van der Waals surface area (Å²) in [6.45, 7) is 8.66. The molecule has 0 saturated carbocycles. The SMILES string of the molecule is CCN(CC(C)(C)CN)S(=O)(=O)c1cn[nH]c1C. The molecule has 1 aromatic rings. The van der Waals surface area contributed by atoms with Crippen LogP contribution in [0.3, 0.4) is 0 Å². The highest BCUT2D eigenvalue weighted by Crippen LogP contribution is 2.22. The number of aromatic amines is 1. The summed E-state index contributed by atoms with van der Waals surface area (Å²) in [6.07, 6.45) is 1.35. The maximum atomic E-state index is 12.5. The van der Waals surface area contributed by atoms with E-state index < -0.39 is 10.0 Å². The zero-order valence-electron chi connectivity index (χ0n) is 11.4. The molecule has 0 unspecified atom stereocenters. The van der Waals surface area contributed by atoms with Gasteiger partial charge in [0.1, 0.15) is 4.90 Å². The normalized spacial score (nSPS) is 13.2. The highest BCUT2D eigenvalue weighted by Gasteiger charge is 2.30. The Kier molecular flexibility index (Phi) is 4.52. The van der Waals surface area contributed by atoms with E-state index >= 15 is 0 Å². The Balaban J connectivity index is 3.06. The van der Waals surface area contributed by atoms with Gasteiger partial charge in [-0.1, -0.05) is 20.8 Å². The Morgan fingerprint density at radius 2 is 2.11 bits per heavy atom. The second-order valence-corrected chi connectivity index (χ2v) is 7.07. The molecule has 1 heterocycles. The second-order valence-electron chi connectivity index (χ2n) is 5.16. The Bertz CT molecular complexity index is 493. The van der Waals surface area contributed by atoms with Gasteiger partial charge in [0.25, 0.3) is 0 Å². The summed E-state index contributed by atoms with van der Waals surface area (Å²) in [4.78, 5) is 0.233. The molecule has 7 heteroatoms. The van der Waals surface area contributed by atoms with Crippen LogP contribution in [0.1, 0.15) is 26.5 Å². The van der Waals surface area contributed by atoms with Gasteiger partial charge in [-0.05, 0) is 18.9 Å². The fourth-order valence-corrected chi connectivity index (χ4v) is 3.40. The van der Waals surface area contributed by atoms with Crippen molar-refractivity contribution in [3.8, 4) is 0 Å². The molecule has 0 aliphatic heterocycles. The molecular formula is C11H22N4O2S. The number of rotatable bonds is 6. The smallest absolute Gasteiger partial charge is 0.246 e. The van der Waals surface area contributed by atoms with Crippen LogP contribution in [-0.2, 0) is 10.0 Å². The highest BCUT2D eigenvalue weighted by atomic mass is 32.2. The van der Waals surface area contributed by atoms with Crippen LogP contribution >= 0.6 is 0 Å². The molecule has 0 amide bonds. The highest BCUT2D eigenvalue weighted by molar-refractivity contribution is 7.89. The van der Waals surface area contributed by atoms with Crippen molar-refractivity contribution in [1.82, 2.24) is 14.5 Å². The van der Waals surface area contributed by atoms with E-state index in [0.29, 0.717) is 25.3 Å². The number of aryl methyl sites for hydroxylation is 1. The van der Waals surface area contributed by atoms with Gasteiger partial charge in [0, 0.05) is 13.1 Å². The molecule has 1 rings (SSSR count). The van der Waals surface area contributed by atoms with Crippen molar-refractivity contribution in [1.29, 1.82) is 0 Å². The molecule has 3 N–H and O–H groups in total. The van der Waals surface area contributed by atoms with E-state index in [0.717, 1.165) is 0 Å². The van der Waals surface area contributed by atoms with Gasteiger partial charge in [-0.15, -0.1) is 0 Å². The number of sulfonamides is 1. The Hall–Kier alpha value is -0.920. The van der Waals surface area contributed by atoms with Gasteiger partial charge in [-0.3, -0.25) is 5.10 Å². The first kappa shape index (κ1) is 15.1. The molecule has 0 aliphatic carbocycles. The lowest BCUT2D eigenvalue weighted by molar-refractivity contribution is 0.273. The van der Waals surface area contributed by atoms with Crippen LogP contribution in [0.25, 0.3) is 0 Å². The topological polar surface area (TPSA) is 92.1 Å². The fraction of sp³-hybridized carbons (Fsp3) is 0.727.